The molecule has 0 spiro atoms. The number of aryl methyl sites for hydroxylation is 1. The largest absolute Gasteiger partial charge is 0.300 e. The molecule has 1 aromatic carbocycles. The van der Waals surface area contributed by atoms with Crippen molar-refractivity contribution >= 4 is 11.9 Å². The molecule has 0 bridgehead atoms. The Kier molecular flexibility index (Phi) is 6.44. The highest BCUT2D eigenvalue weighted by molar-refractivity contribution is 7.97. The number of likely N-dealkylation sites (tertiary alicyclic amines) is 1. The lowest BCUT2D eigenvalue weighted by molar-refractivity contribution is 0.103. The van der Waals surface area contributed by atoms with E-state index in [-0.39, 0.29) is 0 Å². The SMILES string of the molecule is CCCc1ccc(SN2CCC(N3CCC(C)CC3)CC2)cc1. The van der Waals surface area contributed by atoms with E-state index in [4.69, 9.17) is 0 Å². The molecule has 1 aromatic rings. The average Bonchev–Trinajstić information content (AvgIpc) is 2.58. The first-order valence-electron chi connectivity index (χ1n) is 9.50. The molecule has 2 aliphatic heterocycles. The zero-order chi connectivity index (χ0) is 16.1. The Labute approximate surface area is 146 Å². The second-order valence-electron chi connectivity index (χ2n) is 7.36. The van der Waals surface area contributed by atoms with Gasteiger partial charge in [-0.15, -0.1) is 0 Å². The Morgan fingerprint density at radius 3 is 2.22 bits per heavy atom. The van der Waals surface area contributed by atoms with E-state index in [1.54, 1.807) is 0 Å². The van der Waals surface area contributed by atoms with E-state index in [0.29, 0.717) is 0 Å². The molecule has 2 saturated heterocycles. The lowest BCUT2D eigenvalue weighted by Gasteiger charge is -2.41. The zero-order valence-electron chi connectivity index (χ0n) is 14.8. The second-order valence-corrected chi connectivity index (χ2v) is 8.53. The van der Waals surface area contributed by atoms with Gasteiger partial charge >= 0.3 is 0 Å². The highest BCUT2D eigenvalue weighted by Crippen LogP contribution is 2.29. The number of piperidine rings is 2. The number of benzene rings is 1. The third-order valence-electron chi connectivity index (χ3n) is 5.45. The second kappa shape index (κ2) is 8.55. The van der Waals surface area contributed by atoms with Crippen molar-refractivity contribution < 1.29 is 0 Å². The summed E-state index contributed by atoms with van der Waals surface area (Å²) in [6.07, 6.45) is 7.92. The van der Waals surface area contributed by atoms with Crippen LogP contribution in [0.4, 0.5) is 0 Å². The van der Waals surface area contributed by atoms with Crippen LogP contribution in [0.1, 0.15) is 51.5 Å². The lowest BCUT2D eigenvalue weighted by atomic mass is 9.95. The van der Waals surface area contributed by atoms with Gasteiger partial charge in [0.15, 0.2) is 0 Å². The normalized spacial score (nSPS) is 22.5. The number of nitrogens with zero attached hydrogens (tertiary/aromatic N) is 2. The van der Waals surface area contributed by atoms with Gasteiger partial charge in [0.05, 0.1) is 0 Å². The third kappa shape index (κ3) is 4.98. The van der Waals surface area contributed by atoms with Crippen molar-refractivity contribution in [1.82, 2.24) is 9.21 Å². The highest BCUT2D eigenvalue weighted by atomic mass is 32.2. The van der Waals surface area contributed by atoms with E-state index >= 15 is 0 Å². The molecule has 0 saturated carbocycles. The van der Waals surface area contributed by atoms with Crippen LogP contribution in [0.5, 0.6) is 0 Å². The molecule has 3 heteroatoms. The predicted molar refractivity (Wildman–Crippen MR) is 101 cm³/mol. The topological polar surface area (TPSA) is 6.48 Å². The van der Waals surface area contributed by atoms with Crippen molar-refractivity contribution in [2.75, 3.05) is 26.2 Å². The first-order valence-corrected chi connectivity index (χ1v) is 10.3. The fourth-order valence-electron chi connectivity index (χ4n) is 3.85. The highest BCUT2D eigenvalue weighted by Gasteiger charge is 2.27. The van der Waals surface area contributed by atoms with Crippen LogP contribution in [0.2, 0.25) is 0 Å². The summed E-state index contributed by atoms with van der Waals surface area (Å²) in [7, 11) is 0. The van der Waals surface area contributed by atoms with E-state index < -0.39 is 0 Å². The number of hydrogen-bond acceptors (Lipinski definition) is 3. The molecule has 0 N–H and O–H groups in total. The molecule has 0 aliphatic carbocycles. The standard InChI is InChI=1S/C20H32N2S/c1-3-4-18-5-7-20(8-6-18)23-22-15-11-19(12-16-22)21-13-9-17(2)10-14-21/h5-8,17,19H,3-4,9-16H2,1-2H3. The third-order valence-corrected chi connectivity index (χ3v) is 6.56. The summed E-state index contributed by atoms with van der Waals surface area (Å²) >= 11 is 1.96. The zero-order valence-corrected chi connectivity index (χ0v) is 15.7. The van der Waals surface area contributed by atoms with Crippen LogP contribution in [0.15, 0.2) is 29.2 Å². The molecule has 2 aliphatic rings. The minimum Gasteiger partial charge on any atom is -0.300 e. The predicted octanol–water partition coefficient (Wildman–Crippen LogP) is 4.84. The van der Waals surface area contributed by atoms with Gasteiger partial charge in [0, 0.05) is 24.0 Å². The smallest absolute Gasteiger partial charge is 0.0230 e. The van der Waals surface area contributed by atoms with Crippen LogP contribution in [-0.4, -0.2) is 41.4 Å². The van der Waals surface area contributed by atoms with Gasteiger partial charge in [-0.1, -0.05) is 32.4 Å². The van der Waals surface area contributed by atoms with E-state index in [2.05, 4.69) is 47.3 Å². The van der Waals surface area contributed by atoms with Crippen molar-refractivity contribution in [2.24, 2.45) is 5.92 Å². The lowest BCUT2D eigenvalue weighted by Crippen LogP contribution is -2.46. The van der Waals surface area contributed by atoms with Crippen LogP contribution in [0.25, 0.3) is 0 Å². The molecule has 0 aromatic heterocycles. The summed E-state index contributed by atoms with van der Waals surface area (Å²) in [6.45, 7) is 9.78. The van der Waals surface area contributed by atoms with Gasteiger partial charge < -0.3 is 4.90 Å². The summed E-state index contributed by atoms with van der Waals surface area (Å²) in [5.41, 5.74) is 1.47. The maximum absolute atomic E-state index is 2.77. The number of rotatable bonds is 5. The average molecular weight is 333 g/mol. The van der Waals surface area contributed by atoms with Gasteiger partial charge in [-0.2, -0.15) is 0 Å². The summed E-state index contributed by atoms with van der Waals surface area (Å²) < 4.78 is 2.57. The van der Waals surface area contributed by atoms with E-state index in [1.165, 1.54) is 75.2 Å². The first-order chi connectivity index (χ1) is 11.2. The van der Waals surface area contributed by atoms with Gasteiger partial charge in [0.2, 0.25) is 0 Å². The Morgan fingerprint density at radius 1 is 0.957 bits per heavy atom. The Hall–Kier alpha value is -0.510. The fourth-order valence-corrected chi connectivity index (χ4v) is 4.80. The molecule has 0 unspecified atom stereocenters. The summed E-state index contributed by atoms with van der Waals surface area (Å²) in [6, 6.07) is 10.0. The van der Waals surface area contributed by atoms with Gasteiger partial charge in [0.25, 0.3) is 0 Å². The van der Waals surface area contributed by atoms with Gasteiger partial charge in [0.1, 0.15) is 0 Å². The fraction of sp³-hybridized carbons (Fsp3) is 0.700. The molecule has 0 amide bonds. The molecule has 2 nitrogen and oxygen atoms in total. The van der Waals surface area contributed by atoms with Crippen molar-refractivity contribution in [2.45, 2.75) is 63.3 Å². The quantitative estimate of drug-likeness (QED) is 0.712. The van der Waals surface area contributed by atoms with Gasteiger partial charge in [-0.25, -0.2) is 4.31 Å². The molecule has 2 heterocycles. The molecule has 23 heavy (non-hydrogen) atoms. The maximum Gasteiger partial charge on any atom is 0.0230 e. The van der Waals surface area contributed by atoms with E-state index in [9.17, 15) is 0 Å². The Balaban J connectivity index is 1.43. The summed E-state index contributed by atoms with van der Waals surface area (Å²) in [5.74, 6) is 0.942. The van der Waals surface area contributed by atoms with Crippen LogP contribution in [-0.2, 0) is 6.42 Å². The van der Waals surface area contributed by atoms with Crippen LogP contribution in [0, 0.1) is 5.92 Å². The first kappa shape index (κ1) is 17.3. The molecular weight excluding hydrogens is 300 g/mol. The number of hydrogen-bond donors (Lipinski definition) is 0. The summed E-state index contributed by atoms with van der Waals surface area (Å²) in [4.78, 5) is 4.16. The monoisotopic (exact) mass is 332 g/mol. The Bertz CT molecular complexity index is 457. The Morgan fingerprint density at radius 2 is 1.61 bits per heavy atom. The molecular formula is C20H32N2S. The van der Waals surface area contributed by atoms with Crippen molar-refractivity contribution in [3.8, 4) is 0 Å². The minimum absolute atomic E-state index is 0.839. The van der Waals surface area contributed by atoms with Gasteiger partial charge in [-0.3, -0.25) is 0 Å². The van der Waals surface area contributed by atoms with E-state index in [0.717, 1.165) is 12.0 Å². The van der Waals surface area contributed by atoms with Crippen LogP contribution in [0.3, 0.4) is 0 Å². The molecule has 2 fully saturated rings. The maximum atomic E-state index is 2.77. The van der Waals surface area contributed by atoms with Crippen molar-refractivity contribution in [3.63, 3.8) is 0 Å². The van der Waals surface area contributed by atoms with Gasteiger partial charge in [-0.05, 0) is 80.8 Å². The molecule has 128 valence electrons. The minimum atomic E-state index is 0.839. The van der Waals surface area contributed by atoms with Crippen LogP contribution >= 0.6 is 11.9 Å². The molecule has 0 radical (unpaired) electrons. The van der Waals surface area contributed by atoms with E-state index in [1.807, 2.05) is 11.9 Å². The molecule has 0 atom stereocenters. The van der Waals surface area contributed by atoms with Crippen molar-refractivity contribution in [1.29, 1.82) is 0 Å². The molecule has 3 rings (SSSR count). The summed E-state index contributed by atoms with van der Waals surface area (Å²) in [5, 5.41) is 0. The van der Waals surface area contributed by atoms with Crippen molar-refractivity contribution in [3.05, 3.63) is 29.8 Å². The van der Waals surface area contributed by atoms with Crippen LogP contribution < -0.4 is 0 Å².